The maximum absolute atomic E-state index is 5.94. The number of aromatic nitrogens is 1. The summed E-state index contributed by atoms with van der Waals surface area (Å²) in [6.45, 7) is 5.60. The van der Waals surface area contributed by atoms with Crippen LogP contribution in [0.15, 0.2) is 23.6 Å². The first-order chi connectivity index (χ1) is 9.74. The lowest BCUT2D eigenvalue weighted by Crippen LogP contribution is -2.07. The largest absolute Gasteiger partial charge is 0.490 e. The molecule has 2 N–H and O–H groups in total. The molecule has 0 amide bonds. The van der Waals surface area contributed by atoms with Gasteiger partial charge in [-0.3, -0.25) is 0 Å². The molecule has 0 radical (unpaired) electrons. The zero-order chi connectivity index (χ0) is 14.4. The third-order valence-electron chi connectivity index (χ3n) is 2.78. The molecule has 0 fully saturated rings. The van der Waals surface area contributed by atoms with Crippen LogP contribution in [0.5, 0.6) is 11.5 Å². The number of nitrogens with zero attached hydrogens (tertiary/aromatic N) is 1. The first-order valence-electron chi connectivity index (χ1n) is 6.73. The summed E-state index contributed by atoms with van der Waals surface area (Å²) in [7, 11) is 0. The van der Waals surface area contributed by atoms with Crippen LogP contribution in [0.2, 0.25) is 0 Å². The van der Waals surface area contributed by atoms with Crippen LogP contribution in [0.1, 0.15) is 23.2 Å². The highest BCUT2D eigenvalue weighted by Gasteiger charge is 2.11. The van der Waals surface area contributed by atoms with Gasteiger partial charge in [-0.2, -0.15) is 0 Å². The van der Waals surface area contributed by atoms with Crippen molar-refractivity contribution in [2.75, 3.05) is 13.2 Å². The second kappa shape index (κ2) is 7.26. The molecule has 0 spiro atoms. The number of nitrogens with two attached hydrogens (primary N) is 1. The van der Waals surface area contributed by atoms with Crippen molar-refractivity contribution >= 4 is 11.3 Å². The SMILES string of the molecule is CCOc1cccc(CCN)c1OCc1nc(C)cs1. The number of rotatable bonds is 7. The van der Waals surface area contributed by atoms with Gasteiger partial charge in [-0.05, 0) is 38.4 Å². The van der Waals surface area contributed by atoms with Crippen molar-refractivity contribution < 1.29 is 9.47 Å². The number of hydrogen-bond donors (Lipinski definition) is 1. The Morgan fingerprint density at radius 2 is 2.15 bits per heavy atom. The second-order valence-corrected chi connectivity index (χ2v) is 5.33. The Bertz CT molecular complexity index is 530. The van der Waals surface area contributed by atoms with E-state index in [-0.39, 0.29) is 0 Å². The molecule has 2 aromatic rings. The molecule has 0 atom stereocenters. The van der Waals surface area contributed by atoms with Crippen LogP contribution < -0.4 is 15.2 Å². The van der Waals surface area contributed by atoms with Gasteiger partial charge in [-0.1, -0.05) is 12.1 Å². The van der Waals surface area contributed by atoms with Crippen molar-refractivity contribution in [1.82, 2.24) is 4.98 Å². The average molecular weight is 292 g/mol. The van der Waals surface area contributed by atoms with Gasteiger partial charge < -0.3 is 15.2 Å². The van der Waals surface area contributed by atoms with Crippen LogP contribution in [0, 0.1) is 6.92 Å². The maximum Gasteiger partial charge on any atom is 0.165 e. The monoisotopic (exact) mass is 292 g/mol. The van der Waals surface area contributed by atoms with Crippen molar-refractivity contribution in [2.24, 2.45) is 5.73 Å². The summed E-state index contributed by atoms with van der Waals surface area (Å²) < 4.78 is 11.6. The van der Waals surface area contributed by atoms with Crippen molar-refractivity contribution in [2.45, 2.75) is 26.9 Å². The lowest BCUT2D eigenvalue weighted by Gasteiger charge is -2.15. The Hall–Kier alpha value is -1.59. The molecule has 0 aliphatic carbocycles. The predicted octanol–water partition coefficient (Wildman–Crippen LogP) is 2.93. The Labute approximate surface area is 123 Å². The Kier molecular flexibility index (Phi) is 5.38. The third-order valence-corrected chi connectivity index (χ3v) is 3.72. The van der Waals surface area contributed by atoms with E-state index in [9.17, 15) is 0 Å². The third kappa shape index (κ3) is 3.71. The van der Waals surface area contributed by atoms with Crippen molar-refractivity contribution in [3.8, 4) is 11.5 Å². The highest BCUT2D eigenvalue weighted by Crippen LogP contribution is 2.32. The van der Waals surface area contributed by atoms with Crippen LogP contribution in [0.25, 0.3) is 0 Å². The van der Waals surface area contributed by atoms with Crippen LogP contribution in [-0.4, -0.2) is 18.1 Å². The van der Waals surface area contributed by atoms with Gasteiger partial charge in [0, 0.05) is 11.1 Å². The minimum atomic E-state index is 0.458. The number of hydrogen-bond acceptors (Lipinski definition) is 5. The number of thiazole rings is 1. The number of para-hydroxylation sites is 1. The van der Waals surface area contributed by atoms with Crippen LogP contribution in [-0.2, 0) is 13.0 Å². The molecular formula is C15H20N2O2S. The van der Waals surface area contributed by atoms with Gasteiger partial charge in [0.1, 0.15) is 11.6 Å². The topological polar surface area (TPSA) is 57.4 Å². The molecule has 5 heteroatoms. The van der Waals surface area contributed by atoms with E-state index in [1.165, 1.54) is 0 Å². The summed E-state index contributed by atoms with van der Waals surface area (Å²) >= 11 is 1.61. The zero-order valence-corrected chi connectivity index (χ0v) is 12.7. The van der Waals surface area contributed by atoms with Gasteiger partial charge in [0.2, 0.25) is 0 Å². The molecule has 1 heterocycles. The molecule has 108 valence electrons. The molecule has 20 heavy (non-hydrogen) atoms. The van der Waals surface area contributed by atoms with E-state index in [2.05, 4.69) is 4.98 Å². The van der Waals surface area contributed by atoms with Crippen LogP contribution in [0.4, 0.5) is 0 Å². The van der Waals surface area contributed by atoms with Crippen LogP contribution in [0.3, 0.4) is 0 Å². The average Bonchev–Trinajstić information content (AvgIpc) is 2.84. The molecule has 1 aromatic carbocycles. The normalized spacial score (nSPS) is 10.6. The molecule has 1 aromatic heterocycles. The van der Waals surface area contributed by atoms with Gasteiger partial charge in [0.05, 0.1) is 6.61 Å². The Balaban J connectivity index is 2.18. The summed E-state index contributed by atoms with van der Waals surface area (Å²) in [6.07, 6.45) is 0.771. The first kappa shape index (κ1) is 14.8. The smallest absolute Gasteiger partial charge is 0.165 e. The molecule has 0 aliphatic heterocycles. The summed E-state index contributed by atoms with van der Waals surface area (Å²) in [6, 6.07) is 5.92. The second-order valence-electron chi connectivity index (χ2n) is 4.39. The molecule has 0 aliphatic rings. The molecule has 2 rings (SSSR count). The van der Waals surface area contributed by atoms with Gasteiger partial charge in [0.25, 0.3) is 0 Å². The molecular weight excluding hydrogens is 272 g/mol. The summed E-state index contributed by atoms with van der Waals surface area (Å²) in [5, 5.41) is 2.99. The minimum Gasteiger partial charge on any atom is -0.490 e. The first-order valence-corrected chi connectivity index (χ1v) is 7.61. The fourth-order valence-corrected chi connectivity index (χ4v) is 2.63. The maximum atomic E-state index is 5.94. The number of benzene rings is 1. The molecule has 0 bridgehead atoms. The van der Waals surface area contributed by atoms with Crippen molar-refractivity contribution in [3.63, 3.8) is 0 Å². The number of ether oxygens (including phenoxy) is 2. The fourth-order valence-electron chi connectivity index (χ4n) is 1.95. The molecule has 0 unspecified atom stereocenters. The Morgan fingerprint density at radius 3 is 2.80 bits per heavy atom. The van der Waals surface area contributed by atoms with Gasteiger partial charge in [-0.15, -0.1) is 11.3 Å². The lowest BCUT2D eigenvalue weighted by atomic mass is 10.1. The van der Waals surface area contributed by atoms with E-state index < -0.39 is 0 Å². The van der Waals surface area contributed by atoms with E-state index >= 15 is 0 Å². The van der Waals surface area contributed by atoms with Gasteiger partial charge in [0.15, 0.2) is 11.5 Å². The summed E-state index contributed by atoms with van der Waals surface area (Å²) in [4.78, 5) is 4.41. The van der Waals surface area contributed by atoms with Gasteiger partial charge in [-0.25, -0.2) is 4.98 Å². The molecule has 0 saturated carbocycles. The summed E-state index contributed by atoms with van der Waals surface area (Å²) in [5.41, 5.74) is 7.76. The van der Waals surface area contributed by atoms with E-state index in [0.29, 0.717) is 19.8 Å². The summed E-state index contributed by atoms with van der Waals surface area (Å²) in [5.74, 6) is 1.55. The quantitative estimate of drug-likeness (QED) is 0.852. The minimum absolute atomic E-state index is 0.458. The van der Waals surface area contributed by atoms with E-state index in [1.54, 1.807) is 11.3 Å². The molecule has 0 saturated heterocycles. The standard InChI is InChI=1S/C15H20N2O2S/c1-3-18-13-6-4-5-12(7-8-16)15(13)19-9-14-17-11(2)10-20-14/h4-6,10H,3,7-9,16H2,1-2H3. The number of aryl methyl sites for hydroxylation is 1. The lowest BCUT2D eigenvalue weighted by molar-refractivity contribution is 0.266. The van der Waals surface area contributed by atoms with Gasteiger partial charge >= 0.3 is 0 Å². The molecule has 4 nitrogen and oxygen atoms in total. The zero-order valence-electron chi connectivity index (χ0n) is 11.9. The van der Waals surface area contributed by atoms with E-state index in [4.69, 9.17) is 15.2 Å². The van der Waals surface area contributed by atoms with Crippen molar-refractivity contribution in [1.29, 1.82) is 0 Å². The highest BCUT2D eigenvalue weighted by atomic mass is 32.1. The predicted molar refractivity (Wildman–Crippen MR) is 81.6 cm³/mol. The van der Waals surface area contributed by atoms with Crippen molar-refractivity contribution in [3.05, 3.63) is 39.8 Å². The van der Waals surface area contributed by atoms with E-state index in [0.717, 1.165) is 34.2 Å². The van der Waals surface area contributed by atoms with Crippen LogP contribution >= 0.6 is 11.3 Å². The van der Waals surface area contributed by atoms with E-state index in [1.807, 2.05) is 37.4 Å². The highest BCUT2D eigenvalue weighted by molar-refractivity contribution is 7.09. The Morgan fingerprint density at radius 1 is 1.30 bits per heavy atom. The fraction of sp³-hybridized carbons (Fsp3) is 0.400.